The van der Waals surface area contributed by atoms with Crippen molar-refractivity contribution in [3.8, 4) is 0 Å². The Balaban J connectivity index is 2.26. The summed E-state index contributed by atoms with van der Waals surface area (Å²) in [7, 11) is 0. The Morgan fingerprint density at radius 3 is 3.12 bits per heavy atom. The topological polar surface area (TPSA) is 84.5 Å². The van der Waals surface area contributed by atoms with Gasteiger partial charge in [0.15, 0.2) is 0 Å². The first-order chi connectivity index (χ1) is 7.70. The van der Waals surface area contributed by atoms with Gasteiger partial charge in [-0.25, -0.2) is 4.98 Å². The molecule has 0 saturated carbocycles. The highest BCUT2D eigenvalue weighted by Gasteiger charge is 2.24. The summed E-state index contributed by atoms with van der Waals surface area (Å²) >= 11 is 5.81. The predicted molar refractivity (Wildman–Crippen MR) is 60.5 cm³/mol. The maximum absolute atomic E-state index is 9.23. The molecule has 2 heterocycles. The monoisotopic (exact) mass is 244 g/mol. The van der Waals surface area contributed by atoms with Crippen LogP contribution in [-0.2, 0) is 4.74 Å². The number of aliphatic hydroxyl groups is 1. The summed E-state index contributed by atoms with van der Waals surface area (Å²) in [4.78, 5) is 9.81. The zero-order valence-electron chi connectivity index (χ0n) is 8.64. The number of hydrogen-bond donors (Lipinski definition) is 2. The van der Waals surface area contributed by atoms with Crippen LogP contribution in [0.25, 0.3) is 0 Å². The Bertz CT molecular complexity index is 356. The SMILES string of the molecule is Nc1nc(Cl)cc(N2CCOCC2CO)n1. The lowest BCUT2D eigenvalue weighted by Crippen LogP contribution is -2.48. The predicted octanol–water partition coefficient (Wildman–Crippen LogP) is -0.0903. The molecular formula is C9H13ClN4O2. The van der Waals surface area contributed by atoms with Gasteiger partial charge in [0, 0.05) is 12.6 Å². The fraction of sp³-hybridized carbons (Fsp3) is 0.556. The fourth-order valence-electron chi connectivity index (χ4n) is 1.68. The van der Waals surface area contributed by atoms with E-state index >= 15 is 0 Å². The number of morpholine rings is 1. The van der Waals surface area contributed by atoms with Crippen molar-refractivity contribution >= 4 is 23.4 Å². The molecule has 1 aliphatic rings. The summed E-state index contributed by atoms with van der Waals surface area (Å²) in [6.45, 7) is 1.72. The lowest BCUT2D eigenvalue weighted by atomic mass is 10.2. The molecule has 0 aromatic carbocycles. The molecule has 16 heavy (non-hydrogen) atoms. The quantitative estimate of drug-likeness (QED) is 0.708. The Hall–Kier alpha value is -1.11. The summed E-state index contributed by atoms with van der Waals surface area (Å²) in [6, 6.07) is 1.52. The van der Waals surface area contributed by atoms with Crippen LogP contribution in [0.1, 0.15) is 0 Å². The minimum absolute atomic E-state index is 0.00151. The van der Waals surface area contributed by atoms with Gasteiger partial charge in [-0.15, -0.1) is 0 Å². The largest absolute Gasteiger partial charge is 0.394 e. The molecule has 2 rings (SSSR count). The van der Waals surface area contributed by atoms with Gasteiger partial charge in [-0.2, -0.15) is 4.98 Å². The van der Waals surface area contributed by atoms with Gasteiger partial charge in [-0.3, -0.25) is 0 Å². The third-order valence-electron chi connectivity index (χ3n) is 2.43. The molecule has 0 aliphatic carbocycles. The molecule has 1 aromatic heterocycles. The number of hydrogen-bond acceptors (Lipinski definition) is 6. The highest BCUT2D eigenvalue weighted by atomic mass is 35.5. The molecule has 0 radical (unpaired) electrons. The van der Waals surface area contributed by atoms with Crippen molar-refractivity contribution in [1.82, 2.24) is 9.97 Å². The van der Waals surface area contributed by atoms with Gasteiger partial charge in [0.05, 0.1) is 25.9 Å². The summed E-state index contributed by atoms with van der Waals surface area (Å²) in [5.74, 6) is 0.755. The normalized spacial score (nSPS) is 21.1. The van der Waals surface area contributed by atoms with E-state index in [2.05, 4.69) is 9.97 Å². The second-order valence-corrected chi connectivity index (χ2v) is 3.90. The van der Waals surface area contributed by atoms with Crippen molar-refractivity contribution in [2.45, 2.75) is 6.04 Å². The number of ether oxygens (including phenoxy) is 1. The third-order valence-corrected chi connectivity index (χ3v) is 2.62. The van der Waals surface area contributed by atoms with Crippen LogP contribution in [0.15, 0.2) is 6.07 Å². The van der Waals surface area contributed by atoms with E-state index in [4.69, 9.17) is 22.1 Å². The highest BCUT2D eigenvalue weighted by Crippen LogP contribution is 2.20. The van der Waals surface area contributed by atoms with E-state index in [1.165, 1.54) is 0 Å². The zero-order chi connectivity index (χ0) is 11.5. The summed E-state index contributed by atoms with van der Waals surface area (Å²) < 4.78 is 5.28. The molecule has 1 aromatic rings. The molecule has 1 atom stereocenters. The molecule has 0 amide bonds. The smallest absolute Gasteiger partial charge is 0.223 e. The van der Waals surface area contributed by atoms with Gasteiger partial charge in [0.25, 0.3) is 0 Å². The molecule has 0 bridgehead atoms. The minimum atomic E-state index is -0.112. The Kier molecular flexibility index (Phi) is 3.42. The summed E-state index contributed by atoms with van der Waals surface area (Å²) in [5, 5.41) is 9.53. The van der Waals surface area contributed by atoms with Crippen LogP contribution in [0, 0.1) is 0 Å². The third kappa shape index (κ3) is 2.34. The van der Waals surface area contributed by atoms with Crippen molar-refractivity contribution in [2.24, 2.45) is 0 Å². The molecule has 3 N–H and O–H groups in total. The first kappa shape index (κ1) is 11.4. The van der Waals surface area contributed by atoms with Crippen LogP contribution in [0.5, 0.6) is 0 Å². The molecule has 1 aliphatic heterocycles. The molecule has 7 heteroatoms. The van der Waals surface area contributed by atoms with E-state index < -0.39 is 0 Å². The van der Waals surface area contributed by atoms with Gasteiger partial charge < -0.3 is 20.5 Å². The summed E-state index contributed by atoms with van der Waals surface area (Å²) in [5.41, 5.74) is 5.53. The lowest BCUT2D eigenvalue weighted by Gasteiger charge is -2.35. The fourth-order valence-corrected chi connectivity index (χ4v) is 1.86. The zero-order valence-corrected chi connectivity index (χ0v) is 9.39. The number of halogens is 1. The average molecular weight is 245 g/mol. The number of aliphatic hydroxyl groups excluding tert-OH is 1. The second-order valence-electron chi connectivity index (χ2n) is 3.51. The Morgan fingerprint density at radius 2 is 2.44 bits per heavy atom. The van der Waals surface area contributed by atoms with Crippen molar-refractivity contribution in [3.05, 3.63) is 11.2 Å². The number of nitrogen functional groups attached to an aromatic ring is 1. The Morgan fingerprint density at radius 1 is 1.62 bits per heavy atom. The number of aromatic nitrogens is 2. The summed E-state index contributed by atoms with van der Waals surface area (Å²) in [6.07, 6.45) is 0. The van der Waals surface area contributed by atoms with E-state index in [0.717, 1.165) is 0 Å². The number of rotatable bonds is 2. The highest BCUT2D eigenvalue weighted by molar-refractivity contribution is 6.29. The minimum Gasteiger partial charge on any atom is -0.394 e. The number of nitrogens with zero attached hydrogens (tertiary/aromatic N) is 3. The van der Waals surface area contributed by atoms with Crippen LogP contribution in [0.2, 0.25) is 5.15 Å². The van der Waals surface area contributed by atoms with Gasteiger partial charge in [0.2, 0.25) is 5.95 Å². The van der Waals surface area contributed by atoms with E-state index in [1.807, 2.05) is 4.90 Å². The van der Waals surface area contributed by atoms with Gasteiger partial charge in [0.1, 0.15) is 11.0 Å². The van der Waals surface area contributed by atoms with Crippen molar-refractivity contribution in [1.29, 1.82) is 0 Å². The number of nitrogens with two attached hydrogens (primary N) is 1. The van der Waals surface area contributed by atoms with Crippen LogP contribution in [0.4, 0.5) is 11.8 Å². The van der Waals surface area contributed by atoms with Crippen LogP contribution in [-0.4, -0.2) is 47.5 Å². The molecule has 1 fully saturated rings. The van der Waals surface area contributed by atoms with Gasteiger partial charge in [-0.05, 0) is 0 Å². The maximum atomic E-state index is 9.23. The van der Waals surface area contributed by atoms with Crippen LogP contribution < -0.4 is 10.6 Å². The van der Waals surface area contributed by atoms with Crippen molar-refractivity contribution in [3.63, 3.8) is 0 Å². The Labute approximate surface area is 98.0 Å². The van der Waals surface area contributed by atoms with Crippen molar-refractivity contribution < 1.29 is 9.84 Å². The van der Waals surface area contributed by atoms with Crippen LogP contribution >= 0.6 is 11.6 Å². The number of anilines is 2. The molecular weight excluding hydrogens is 232 g/mol. The van der Waals surface area contributed by atoms with E-state index in [-0.39, 0.29) is 18.6 Å². The van der Waals surface area contributed by atoms with E-state index in [1.54, 1.807) is 6.07 Å². The molecule has 88 valence electrons. The lowest BCUT2D eigenvalue weighted by molar-refractivity contribution is 0.0723. The standard InChI is InChI=1S/C9H13ClN4O2/c10-7-3-8(13-9(11)12-7)14-1-2-16-5-6(14)4-15/h3,6,15H,1-2,4-5H2,(H2,11,12,13). The van der Waals surface area contributed by atoms with Gasteiger partial charge in [-0.1, -0.05) is 11.6 Å². The molecule has 6 nitrogen and oxygen atoms in total. The van der Waals surface area contributed by atoms with E-state index in [9.17, 15) is 5.11 Å². The molecule has 1 saturated heterocycles. The van der Waals surface area contributed by atoms with Gasteiger partial charge >= 0.3 is 0 Å². The van der Waals surface area contributed by atoms with Crippen LogP contribution in [0.3, 0.4) is 0 Å². The average Bonchev–Trinajstić information content (AvgIpc) is 2.27. The first-order valence-corrected chi connectivity index (χ1v) is 5.34. The molecule has 1 unspecified atom stereocenters. The maximum Gasteiger partial charge on any atom is 0.223 e. The van der Waals surface area contributed by atoms with E-state index in [0.29, 0.717) is 30.7 Å². The first-order valence-electron chi connectivity index (χ1n) is 4.96. The second kappa shape index (κ2) is 4.82. The molecule has 0 spiro atoms. The van der Waals surface area contributed by atoms with Crippen molar-refractivity contribution in [2.75, 3.05) is 37.0 Å².